The van der Waals surface area contributed by atoms with E-state index in [1.165, 1.54) is 36.9 Å². The summed E-state index contributed by atoms with van der Waals surface area (Å²) in [7, 11) is 0. The van der Waals surface area contributed by atoms with Crippen LogP contribution in [0.4, 0.5) is 0 Å². The van der Waals surface area contributed by atoms with E-state index < -0.39 is 0 Å². The van der Waals surface area contributed by atoms with Gasteiger partial charge in [0.25, 0.3) is 0 Å². The Balaban J connectivity index is 0.000000289. The number of furan rings is 1. The van der Waals surface area contributed by atoms with E-state index in [4.69, 9.17) is 9.40 Å². The van der Waals surface area contributed by atoms with Crippen molar-refractivity contribution >= 4 is 70.7 Å². The monoisotopic (exact) mass is 916 g/mol. The van der Waals surface area contributed by atoms with E-state index in [2.05, 4.69) is 82.2 Å². The topological polar surface area (TPSA) is 76.2 Å². The van der Waals surface area contributed by atoms with Crippen LogP contribution in [0.15, 0.2) is 52.2 Å². The van der Waals surface area contributed by atoms with Crippen LogP contribution in [0, 0.1) is 29.7 Å². The molecule has 0 aliphatic heterocycles. The normalized spacial score (nSPS) is 12.9. The number of carbonyl (C=O) groups is 1. The Morgan fingerprint density at radius 3 is 2.21 bits per heavy atom. The van der Waals surface area contributed by atoms with Crippen LogP contribution in [0.25, 0.3) is 53.5 Å². The molecule has 2 aromatic carbocycles. The van der Waals surface area contributed by atoms with Gasteiger partial charge in [0.05, 0.1) is 0 Å². The van der Waals surface area contributed by atoms with Gasteiger partial charge in [-0.05, 0) is 78.1 Å². The van der Waals surface area contributed by atoms with Crippen molar-refractivity contribution in [2.75, 3.05) is 0 Å². The molecule has 6 rings (SSSR count). The maximum Gasteiger partial charge on any atom is 0.223 e. The molecule has 0 atom stereocenters. The van der Waals surface area contributed by atoms with Gasteiger partial charge in [0.1, 0.15) is 17.7 Å². The second-order valence-corrected chi connectivity index (χ2v) is 18.2. The number of hydrogen-bond acceptors (Lipinski definition) is 7. The summed E-state index contributed by atoms with van der Waals surface area (Å²) in [6.45, 7) is 25.6. The second-order valence-electron chi connectivity index (χ2n) is 16.0. The van der Waals surface area contributed by atoms with Crippen molar-refractivity contribution in [2.45, 2.75) is 121 Å². The molecular weight excluding hydrogens is 861 g/mol. The molecule has 0 spiro atoms. The number of benzene rings is 2. The van der Waals surface area contributed by atoms with Gasteiger partial charge < -0.3 is 9.52 Å². The molecule has 8 heteroatoms. The maximum absolute atomic E-state index is 12.2. The summed E-state index contributed by atoms with van der Waals surface area (Å²) in [4.78, 5) is 22.9. The molecule has 0 bridgehead atoms. The van der Waals surface area contributed by atoms with Crippen molar-refractivity contribution in [2.24, 2.45) is 16.7 Å². The molecule has 1 N–H and O–H groups in total. The minimum absolute atomic E-state index is 0. The molecule has 4 heterocycles. The van der Waals surface area contributed by atoms with Gasteiger partial charge in [-0.1, -0.05) is 87.3 Å². The molecule has 1 radical (unpaired) electrons. The van der Waals surface area contributed by atoms with Crippen LogP contribution >= 0.6 is 22.7 Å². The number of thiophene rings is 2. The van der Waals surface area contributed by atoms with E-state index in [1.807, 2.05) is 52.9 Å². The van der Waals surface area contributed by atoms with Gasteiger partial charge in [-0.15, -0.1) is 34.9 Å². The molecule has 281 valence electrons. The third-order valence-electron chi connectivity index (χ3n) is 11.1. The number of aliphatic hydroxyl groups is 1. The Bertz CT molecular complexity index is 2220. The van der Waals surface area contributed by atoms with Crippen LogP contribution < -0.4 is 0 Å². The standard InChI is InChI=1S/C29H27N2OS2.C15H28O2.Ir/c1-15(2)11-20-16(3)34-22-8-7-19-24-25(30-14-31-28(24)32-26(19)23(20)22)18-12-17-9-10-33-27(17)21(13-18)29(4,5)6;1-7-14(5,8-2)12(16)11-13(17)15(6,9-3)10-4;/h7-10,13-15H,11H2,1-6H3;11,16H,7-10H2,1-6H3;/q-1;;/b;12-11-;. The Hall–Kier alpha value is -2.90. The summed E-state index contributed by atoms with van der Waals surface area (Å²) in [5, 5.41) is 16.7. The molecule has 52 heavy (non-hydrogen) atoms. The van der Waals surface area contributed by atoms with Crippen molar-refractivity contribution in [1.29, 1.82) is 0 Å². The van der Waals surface area contributed by atoms with Gasteiger partial charge in [0.2, 0.25) is 5.71 Å². The predicted molar refractivity (Wildman–Crippen MR) is 219 cm³/mol. The Kier molecular flexibility index (Phi) is 13.1. The van der Waals surface area contributed by atoms with Gasteiger partial charge >= 0.3 is 0 Å². The van der Waals surface area contributed by atoms with Gasteiger partial charge in [0, 0.05) is 68.4 Å². The number of nitrogens with zero attached hydrogens (tertiary/aromatic N) is 2. The summed E-state index contributed by atoms with van der Waals surface area (Å²) in [6, 6.07) is 12.5. The van der Waals surface area contributed by atoms with Crippen LogP contribution in [0.3, 0.4) is 0 Å². The summed E-state index contributed by atoms with van der Waals surface area (Å²) >= 11 is 3.63. The zero-order valence-corrected chi connectivity index (χ0v) is 37.0. The summed E-state index contributed by atoms with van der Waals surface area (Å²) in [5.41, 5.74) is 5.59. The third kappa shape index (κ3) is 7.97. The van der Waals surface area contributed by atoms with Gasteiger partial charge in [-0.25, -0.2) is 4.98 Å². The largest absolute Gasteiger partial charge is 0.512 e. The van der Waals surface area contributed by atoms with Crippen LogP contribution in [0.5, 0.6) is 0 Å². The SMILES string of the molecule is CCC(C)(CC)C(=O)/C=C(\O)C(C)(CC)CC.Cc1sc2ccc3c(oc4ncnc(-c5[c-]c6ccsc6c(C(C)(C)C)c5)c43)c2c1CC(C)C.[Ir]. The van der Waals surface area contributed by atoms with E-state index >= 15 is 0 Å². The molecule has 6 aromatic rings. The first-order valence-electron chi connectivity index (χ1n) is 18.5. The van der Waals surface area contributed by atoms with Crippen LogP contribution in [-0.2, 0) is 36.7 Å². The molecule has 0 aliphatic carbocycles. The number of hydrogen-bond donors (Lipinski definition) is 1. The molecule has 5 nitrogen and oxygen atoms in total. The molecule has 0 saturated carbocycles. The summed E-state index contributed by atoms with van der Waals surface area (Å²) in [5.74, 6) is 0.864. The molecule has 0 fully saturated rings. The zero-order valence-electron chi connectivity index (χ0n) is 33.0. The van der Waals surface area contributed by atoms with Crippen molar-refractivity contribution < 1.29 is 34.4 Å². The minimum atomic E-state index is -0.337. The quantitative estimate of drug-likeness (QED) is 0.0842. The van der Waals surface area contributed by atoms with Gasteiger partial charge in [-0.3, -0.25) is 9.78 Å². The molecular formula is C44H55IrN2O3S2-. The fourth-order valence-electron chi connectivity index (χ4n) is 6.66. The van der Waals surface area contributed by atoms with Crippen molar-refractivity contribution in [3.63, 3.8) is 0 Å². The van der Waals surface area contributed by atoms with Gasteiger partial charge in [-0.2, -0.15) is 11.3 Å². The minimum Gasteiger partial charge on any atom is -0.512 e. The average molecular weight is 916 g/mol. The fraction of sp³-hybridized carbons (Fsp3) is 0.477. The summed E-state index contributed by atoms with van der Waals surface area (Å²) in [6.07, 6.45) is 7.41. The molecule has 0 aliphatic rings. The van der Waals surface area contributed by atoms with Crippen LogP contribution in [0.2, 0.25) is 0 Å². The van der Waals surface area contributed by atoms with Crippen molar-refractivity contribution in [1.82, 2.24) is 9.97 Å². The number of fused-ring (bicyclic) bond motifs is 6. The molecule has 4 aromatic heterocycles. The number of allylic oxidation sites excluding steroid dienone is 2. The number of ketones is 1. The van der Waals surface area contributed by atoms with E-state index in [1.54, 1.807) is 17.7 Å². The first kappa shape index (κ1) is 41.8. The predicted octanol–water partition coefficient (Wildman–Crippen LogP) is 13.7. The van der Waals surface area contributed by atoms with Gasteiger partial charge in [0.15, 0.2) is 5.78 Å². The van der Waals surface area contributed by atoms with E-state index in [0.717, 1.165) is 65.1 Å². The average Bonchev–Trinajstić information content (AvgIpc) is 3.81. The smallest absolute Gasteiger partial charge is 0.223 e. The number of carbonyl (C=O) groups excluding carboxylic acids is 1. The van der Waals surface area contributed by atoms with E-state index in [9.17, 15) is 9.90 Å². The number of aromatic nitrogens is 2. The van der Waals surface area contributed by atoms with Crippen molar-refractivity contribution in [3.05, 3.63) is 69.9 Å². The number of rotatable bonds is 10. The molecule has 0 saturated heterocycles. The van der Waals surface area contributed by atoms with Crippen molar-refractivity contribution in [3.8, 4) is 11.3 Å². The number of aryl methyl sites for hydroxylation is 1. The van der Waals surface area contributed by atoms with Crippen LogP contribution in [0.1, 0.15) is 118 Å². The first-order chi connectivity index (χ1) is 24.0. The van der Waals surface area contributed by atoms with E-state index in [0.29, 0.717) is 11.6 Å². The zero-order chi connectivity index (χ0) is 37.5. The maximum atomic E-state index is 12.2. The Morgan fingerprint density at radius 2 is 1.62 bits per heavy atom. The first-order valence-corrected chi connectivity index (χ1v) is 20.2. The van der Waals surface area contributed by atoms with Crippen LogP contribution in [-0.4, -0.2) is 20.9 Å². The Labute approximate surface area is 331 Å². The molecule has 0 amide bonds. The molecule has 0 unspecified atom stereocenters. The number of aliphatic hydroxyl groups excluding tert-OH is 1. The summed E-state index contributed by atoms with van der Waals surface area (Å²) < 4.78 is 9.05. The fourth-order valence-corrected chi connectivity index (χ4v) is 8.83. The second kappa shape index (κ2) is 16.2. The third-order valence-corrected chi connectivity index (χ3v) is 13.2. The Morgan fingerprint density at radius 1 is 0.962 bits per heavy atom. The van der Waals surface area contributed by atoms with E-state index in [-0.39, 0.29) is 47.9 Å².